The Morgan fingerprint density at radius 1 is 1.21 bits per heavy atom. The second-order valence-electron chi connectivity index (χ2n) is 9.76. The van der Waals surface area contributed by atoms with Crippen molar-refractivity contribution in [3.8, 4) is 5.75 Å². The molecular weight excluding hydrogens is 432 g/mol. The standard InChI is InChI=1S/C24H30N8O2/c1-24(33)10-4-9-19(24)31-14-16(12-26-31)30-11-5-6-15(13-30)21-28-22-17-7-3-8-18(34-2)20(17)27-23(25)32(22)29-21/h3,7-8,12,14-15,19,33H,4-6,9-11,13H2,1-2H3,(H2,25,27)/t15-,19?,24+/m1/s1. The van der Waals surface area contributed by atoms with Crippen molar-refractivity contribution in [2.75, 3.05) is 30.8 Å². The van der Waals surface area contributed by atoms with E-state index in [4.69, 9.17) is 20.6 Å². The molecule has 1 saturated carbocycles. The molecular formula is C24H30N8O2. The third-order valence-electron chi connectivity index (χ3n) is 7.46. The number of nitrogen functional groups attached to an aromatic ring is 1. The molecule has 1 aliphatic carbocycles. The Morgan fingerprint density at radius 2 is 2.09 bits per heavy atom. The summed E-state index contributed by atoms with van der Waals surface area (Å²) < 4.78 is 9.04. The summed E-state index contributed by atoms with van der Waals surface area (Å²) in [7, 11) is 1.62. The van der Waals surface area contributed by atoms with Crippen LogP contribution in [0.25, 0.3) is 16.6 Å². The maximum absolute atomic E-state index is 10.7. The number of piperidine rings is 1. The molecule has 0 spiro atoms. The van der Waals surface area contributed by atoms with Gasteiger partial charge in [-0.25, -0.2) is 9.97 Å². The van der Waals surface area contributed by atoms with Crippen molar-refractivity contribution >= 4 is 28.2 Å². The zero-order valence-corrected chi connectivity index (χ0v) is 19.6. The lowest BCUT2D eigenvalue weighted by Gasteiger charge is -2.32. The number of benzene rings is 1. The lowest BCUT2D eigenvalue weighted by molar-refractivity contribution is 0.0222. The Hall–Kier alpha value is -3.40. The van der Waals surface area contributed by atoms with Crippen molar-refractivity contribution < 1.29 is 9.84 Å². The van der Waals surface area contributed by atoms with Gasteiger partial charge in [-0.1, -0.05) is 6.07 Å². The van der Waals surface area contributed by atoms with Crippen LogP contribution in [0.2, 0.25) is 0 Å². The summed E-state index contributed by atoms with van der Waals surface area (Å²) in [4.78, 5) is 11.8. The first-order valence-electron chi connectivity index (χ1n) is 11.9. The molecule has 2 fully saturated rings. The highest BCUT2D eigenvalue weighted by atomic mass is 16.5. The smallest absolute Gasteiger partial charge is 0.223 e. The molecule has 1 aromatic carbocycles. The van der Waals surface area contributed by atoms with E-state index in [9.17, 15) is 5.11 Å². The van der Waals surface area contributed by atoms with Gasteiger partial charge in [-0.3, -0.25) is 4.68 Å². The minimum absolute atomic E-state index is 0.0303. The third kappa shape index (κ3) is 3.35. The van der Waals surface area contributed by atoms with Gasteiger partial charge in [0.15, 0.2) is 11.5 Å². The summed E-state index contributed by atoms with van der Waals surface area (Å²) in [6.07, 6.45) is 8.83. The summed E-state index contributed by atoms with van der Waals surface area (Å²) in [5.74, 6) is 1.91. The van der Waals surface area contributed by atoms with Crippen LogP contribution in [0.1, 0.15) is 56.8 Å². The topological polar surface area (TPSA) is 120 Å². The Kier molecular flexibility index (Phi) is 4.87. The SMILES string of the molecule is COc1cccc2c1nc(N)n1nc([C@@H]3CCCN(c4cnn(C5CCC[C@]5(C)O)c4)C3)nc21. The number of para-hydroxylation sites is 1. The molecule has 3 atom stereocenters. The fraction of sp³-hybridized carbons (Fsp3) is 0.500. The summed E-state index contributed by atoms with van der Waals surface area (Å²) in [6.45, 7) is 3.68. The van der Waals surface area contributed by atoms with Gasteiger partial charge in [0, 0.05) is 30.6 Å². The van der Waals surface area contributed by atoms with Crippen LogP contribution in [-0.2, 0) is 0 Å². The molecule has 1 unspecified atom stereocenters. The van der Waals surface area contributed by atoms with E-state index in [0.29, 0.717) is 22.9 Å². The number of methoxy groups -OCH3 is 1. The number of aliphatic hydroxyl groups is 1. The van der Waals surface area contributed by atoms with Crippen LogP contribution in [0.15, 0.2) is 30.6 Å². The molecule has 1 saturated heterocycles. The van der Waals surface area contributed by atoms with Gasteiger partial charge in [-0.05, 0) is 51.2 Å². The van der Waals surface area contributed by atoms with Crippen LogP contribution in [0.5, 0.6) is 5.75 Å². The molecule has 34 heavy (non-hydrogen) atoms. The van der Waals surface area contributed by atoms with Crippen LogP contribution in [0.3, 0.4) is 0 Å². The maximum atomic E-state index is 10.7. The molecule has 4 heterocycles. The van der Waals surface area contributed by atoms with Gasteiger partial charge in [0.2, 0.25) is 5.95 Å². The van der Waals surface area contributed by atoms with Gasteiger partial charge in [0.1, 0.15) is 11.3 Å². The molecule has 178 valence electrons. The van der Waals surface area contributed by atoms with E-state index in [0.717, 1.165) is 62.1 Å². The van der Waals surface area contributed by atoms with Crippen molar-refractivity contribution in [1.29, 1.82) is 0 Å². The lowest BCUT2D eigenvalue weighted by Crippen LogP contribution is -2.35. The average Bonchev–Trinajstić information content (AvgIpc) is 3.57. The van der Waals surface area contributed by atoms with E-state index in [1.807, 2.05) is 36.0 Å². The monoisotopic (exact) mass is 462 g/mol. The van der Waals surface area contributed by atoms with Crippen LogP contribution in [-0.4, -0.2) is 60.3 Å². The fourth-order valence-electron chi connectivity index (χ4n) is 5.61. The van der Waals surface area contributed by atoms with Gasteiger partial charge in [-0.15, -0.1) is 5.10 Å². The minimum atomic E-state index is -0.701. The van der Waals surface area contributed by atoms with E-state index < -0.39 is 5.60 Å². The first-order chi connectivity index (χ1) is 16.4. The molecule has 0 amide bonds. The summed E-state index contributed by atoms with van der Waals surface area (Å²) in [6, 6.07) is 5.79. The molecule has 6 rings (SSSR count). The number of nitrogens with two attached hydrogens (primary N) is 1. The Bertz CT molecular complexity index is 1360. The highest BCUT2D eigenvalue weighted by Crippen LogP contribution is 2.39. The Labute approximate surface area is 197 Å². The van der Waals surface area contributed by atoms with Gasteiger partial charge < -0.3 is 20.5 Å². The minimum Gasteiger partial charge on any atom is -0.494 e. The van der Waals surface area contributed by atoms with Crippen LogP contribution in [0.4, 0.5) is 11.6 Å². The second-order valence-corrected chi connectivity index (χ2v) is 9.76. The summed E-state index contributed by atoms with van der Waals surface area (Å²) in [5.41, 5.74) is 8.01. The van der Waals surface area contributed by atoms with Crippen molar-refractivity contribution in [2.45, 2.75) is 56.6 Å². The zero-order valence-electron chi connectivity index (χ0n) is 19.6. The van der Waals surface area contributed by atoms with Gasteiger partial charge in [-0.2, -0.15) is 9.61 Å². The van der Waals surface area contributed by atoms with Gasteiger partial charge in [0.05, 0.1) is 30.6 Å². The molecule has 0 radical (unpaired) electrons. The summed E-state index contributed by atoms with van der Waals surface area (Å²) >= 11 is 0. The van der Waals surface area contributed by atoms with Gasteiger partial charge in [0.25, 0.3) is 0 Å². The predicted octanol–water partition coefficient (Wildman–Crippen LogP) is 2.92. The summed E-state index contributed by atoms with van der Waals surface area (Å²) in [5, 5.41) is 20.9. The Balaban J connectivity index is 1.30. The molecule has 3 aromatic heterocycles. The molecule has 10 nitrogen and oxygen atoms in total. The van der Waals surface area contributed by atoms with Crippen molar-refractivity contribution in [3.05, 3.63) is 36.4 Å². The molecule has 10 heteroatoms. The largest absolute Gasteiger partial charge is 0.494 e. The average molecular weight is 463 g/mol. The third-order valence-corrected chi connectivity index (χ3v) is 7.46. The fourth-order valence-corrected chi connectivity index (χ4v) is 5.61. The lowest BCUT2D eigenvalue weighted by atomic mass is 9.97. The first kappa shape index (κ1) is 21.2. The van der Waals surface area contributed by atoms with E-state index in [-0.39, 0.29) is 12.0 Å². The second kappa shape index (κ2) is 7.83. The number of fused-ring (bicyclic) bond motifs is 3. The number of anilines is 2. The highest BCUT2D eigenvalue weighted by Gasteiger charge is 2.39. The molecule has 4 aromatic rings. The van der Waals surface area contributed by atoms with Crippen molar-refractivity contribution in [1.82, 2.24) is 29.4 Å². The molecule has 2 aliphatic rings. The van der Waals surface area contributed by atoms with E-state index in [1.165, 1.54) is 0 Å². The maximum Gasteiger partial charge on any atom is 0.223 e. The van der Waals surface area contributed by atoms with Gasteiger partial charge >= 0.3 is 0 Å². The number of hydrogen-bond acceptors (Lipinski definition) is 8. The first-order valence-corrected chi connectivity index (χ1v) is 11.9. The molecule has 3 N–H and O–H groups in total. The van der Waals surface area contributed by atoms with E-state index >= 15 is 0 Å². The number of nitrogens with zero attached hydrogens (tertiary/aromatic N) is 7. The molecule has 0 bridgehead atoms. The quantitative estimate of drug-likeness (QED) is 0.475. The normalized spacial score (nSPS) is 25.4. The van der Waals surface area contributed by atoms with E-state index in [1.54, 1.807) is 11.6 Å². The zero-order chi connectivity index (χ0) is 23.4. The Morgan fingerprint density at radius 3 is 2.88 bits per heavy atom. The van der Waals surface area contributed by atoms with Crippen LogP contribution in [0, 0.1) is 0 Å². The van der Waals surface area contributed by atoms with Crippen LogP contribution < -0.4 is 15.4 Å². The number of rotatable bonds is 4. The molecule has 1 aliphatic heterocycles. The highest BCUT2D eigenvalue weighted by molar-refractivity contribution is 5.95. The van der Waals surface area contributed by atoms with E-state index in [2.05, 4.69) is 21.2 Å². The number of ether oxygens (including phenoxy) is 1. The van der Waals surface area contributed by atoms with Crippen molar-refractivity contribution in [3.63, 3.8) is 0 Å². The van der Waals surface area contributed by atoms with Crippen LogP contribution >= 0.6 is 0 Å². The predicted molar refractivity (Wildman–Crippen MR) is 129 cm³/mol. The number of aromatic nitrogens is 6. The van der Waals surface area contributed by atoms with Crippen molar-refractivity contribution in [2.24, 2.45) is 0 Å². The number of hydrogen-bond donors (Lipinski definition) is 2.